The van der Waals surface area contributed by atoms with Crippen molar-refractivity contribution in [3.05, 3.63) is 0 Å². The average Bonchev–Trinajstić information content (AvgIpc) is 3.00. The summed E-state index contributed by atoms with van der Waals surface area (Å²) < 4.78 is 0. The standard InChI is InChI=1S/C15H28/c1-5-6-12(4)7-8-15-10-14(15)13(15)9-11(2)3/h11-14H,5-10H2,1-4H3. The molecule has 2 aliphatic carbocycles. The summed E-state index contributed by atoms with van der Waals surface area (Å²) in [5.41, 5.74) is 0.895. The van der Waals surface area contributed by atoms with Crippen molar-refractivity contribution in [3.8, 4) is 0 Å². The Morgan fingerprint density at radius 2 is 1.93 bits per heavy atom. The molecular weight excluding hydrogens is 180 g/mol. The van der Waals surface area contributed by atoms with Crippen molar-refractivity contribution in [3.63, 3.8) is 0 Å². The van der Waals surface area contributed by atoms with Gasteiger partial charge in [-0.1, -0.05) is 47.0 Å². The van der Waals surface area contributed by atoms with E-state index in [0.29, 0.717) is 0 Å². The van der Waals surface area contributed by atoms with Crippen LogP contribution in [0.4, 0.5) is 0 Å². The molecule has 4 atom stereocenters. The van der Waals surface area contributed by atoms with E-state index in [4.69, 9.17) is 0 Å². The molecule has 0 N–H and O–H groups in total. The normalized spacial score (nSPS) is 39.0. The molecule has 2 saturated carbocycles. The number of fused-ring (bicyclic) bond motifs is 1. The third-order valence-corrected chi connectivity index (χ3v) is 4.90. The Bertz CT molecular complexity index is 218. The molecule has 2 aliphatic rings. The van der Waals surface area contributed by atoms with Crippen molar-refractivity contribution < 1.29 is 0 Å². The predicted molar refractivity (Wildman–Crippen MR) is 66.8 cm³/mol. The lowest BCUT2D eigenvalue weighted by Crippen LogP contribution is -2.05. The van der Waals surface area contributed by atoms with Crippen LogP contribution in [-0.2, 0) is 0 Å². The van der Waals surface area contributed by atoms with Gasteiger partial charge in [-0.15, -0.1) is 0 Å². The molecule has 0 aromatic heterocycles. The van der Waals surface area contributed by atoms with Crippen molar-refractivity contribution >= 4 is 0 Å². The van der Waals surface area contributed by atoms with Crippen LogP contribution in [0.25, 0.3) is 0 Å². The zero-order valence-electron chi connectivity index (χ0n) is 11.1. The summed E-state index contributed by atoms with van der Waals surface area (Å²) in [6.07, 6.45) is 8.95. The Kier molecular flexibility index (Phi) is 3.14. The summed E-state index contributed by atoms with van der Waals surface area (Å²) in [5, 5.41) is 0. The van der Waals surface area contributed by atoms with Gasteiger partial charge in [-0.05, 0) is 48.3 Å². The highest BCUT2D eigenvalue weighted by Gasteiger charge is 2.76. The van der Waals surface area contributed by atoms with Gasteiger partial charge in [-0.3, -0.25) is 0 Å². The molecule has 0 bridgehead atoms. The smallest absolute Gasteiger partial charge is 0.0232 e. The van der Waals surface area contributed by atoms with Crippen molar-refractivity contribution in [2.75, 3.05) is 0 Å². The molecule has 0 heterocycles. The monoisotopic (exact) mass is 208 g/mol. The Morgan fingerprint density at radius 3 is 2.47 bits per heavy atom. The molecule has 15 heavy (non-hydrogen) atoms. The lowest BCUT2D eigenvalue weighted by Gasteiger charge is -2.16. The zero-order chi connectivity index (χ0) is 11.1. The number of hydrogen-bond donors (Lipinski definition) is 0. The lowest BCUT2D eigenvalue weighted by atomic mass is 9.90. The molecule has 0 saturated heterocycles. The first kappa shape index (κ1) is 11.5. The quantitative estimate of drug-likeness (QED) is 0.559. The van der Waals surface area contributed by atoms with Crippen molar-refractivity contribution in [2.24, 2.45) is 29.1 Å². The first-order chi connectivity index (χ1) is 7.10. The minimum absolute atomic E-state index is 0.895. The van der Waals surface area contributed by atoms with Gasteiger partial charge in [0.05, 0.1) is 0 Å². The highest BCUT2D eigenvalue weighted by molar-refractivity contribution is 5.24. The zero-order valence-corrected chi connectivity index (χ0v) is 11.1. The van der Waals surface area contributed by atoms with Crippen LogP contribution in [0.5, 0.6) is 0 Å². The van der Waals surface area contributed by atoms with Gasteiger partial charge in [0, 0.05) is 0 Å². The van der Waals surface area contributed by atoms with Gasteiger partial charge < -0.3 is 0 Å². The molecule has 0 nitrogen and oxygen atoms in total. The molecule has 4 unspecified atom stereocenters. The Morgan fingerprint density at radius 1 is 1.20 bits per heavy atom. The molecule has 0 aromatic rings. The van der Waals surface area contributed by atoms with E-state index in [1.807, 2.05) is 0 Å². The van der Waals surface area contributed by atoms with E-state index < -0.39 is 0 Å². The third-order valence-electron chi connectivity index (χ3n) is 4.90. The molecular formula is C15H28. The molecule has 0 radical (unpaired) electrons. The second kappa shape index (κ2) is 4.11. The molecule has 0 aromatic carbocycles. The maximum Gasteiger partial charge on any atom is -0.0232 e. The molecule has 2 fully saturated rings. The van der Waals surface area contributed by atoms with E-state index in [1.165, 1.54) is 31.6 Å². The van der Waals surface area contributed by atoms with Crippen LogP contribution in [-0.4, -0.2) is 0 Å². The topological polar surface area (TPSA) is 0 Å². The maximum atomic E-state index is 2.44. The van der Waals surface area contributed by atoms with Gasteiger partial charge in [0.1, 0.15) is 0 Å². The summed E-state index contributed by atoms with van der Waals surface area (Å²) >= 11 is 0. The van der Waals surface area contributed by atoms with Crippen LogP contribution in [0.2, 0.25) is 0 Å². The van der Waals surface area contributed by atoms with E-state index in [0.717, 1.165) is 23.2 Å². The van der Waals surface area contributed by atoms with E-state index in [-0.39, 0.29) is 0 Å². The van der Waals surface area contributed by atoms with Crippen molar-refractivity contribution in [1.82, 2.24) is 0 Å². The second-order valence-electron chi connectivity index (χ2n) is 6.71. The molecule has 0 aliphatic heterocycles. The fourth-order valence-corrected chi connectivity index (χ4v) is 3.69. The fraction of sp³-hybridized carbons (Fsp3) is 1.00. The van der Waals surface area contributed by atoms with Gasteiger partial charge in [-0.2, -0.15) is 0 Å². The predicted octanol–water partition coefficient (Wildman–Crippen LogP) is 4.89. The van der Waals surface area contributed by atoms with Crippen LogP contribution in [0.1, 0.15) is 66.2 Å². The molecule has 0 spiro atoms. The van der Waals surface area contributed by atoms with Gasteiger partial charge in [0.15, 0.2) is 0 Å². The first-order valence-electron chi connectivity index (χ1n) is 7.10. The van der Waals surface area contributed by atoms with Crippen molar-refractivity contribution in [2.45, 2.75) is 66.2 Å². The largest absolute Gasteiger partial charge is 0.0654 e. The minimum Gasteiger partial charge on any atom is -0.0654 e. The van der Waals surface area contributed by atoms with E-state index in [9.17, 15) is 0 Å². The van der Waals surface area contributed by atoms with E-state index >= 15 is 0 Å². The van der Waals surface area contributed by atoms with Crippen LogP contribution in [0.15, 0.2) is 0 Å². The highest BCUT2D eigenvalue weighted by Crippen LogP contribution is 2.83. The maximum absolute atomic E-state index is 2.44. The average molecular weight is 208 g/mol. The molecule has 0 amide bonds. The Hall–Kier alpha value is 0. The second-order valence-corrected chi connectivity index (χ2v) is 6.71. The van der Waals surface area contributed by atoms with E-state index in [2.05, 4.69) is 27.7 Å². The Balaban J connectivity index is 1.65. The summed E-state index contributed by atoms with van der Waals surface area (Å²) in [6, 6.07) is 0. The molecule has 0 heteroatoms. The van der Waals surface area contributed by atoms with Crippen molar-refractivity contribution in [1.29, 1.82) is 0 Å². The number of hydrogen-bond acceptors (Lipinski definition) is 0. The van der Waals surface area contributed by atoms with Crippen LogP contribution < -0.4 is 0 Å². The number of rotatable bonds is 7. The van der Waals surface area contributed by atoms with Gasteiger partial charge in [-0.25, -0.2) is 0 Å². The summed E-state index contributed by atoms with van der Waals surface area (Å²) in [5.74, 6) is 4.22. The lowest BCUT2D eigenvalue weighted by molar-refractivity contribution is 0.351. The minimum atomic E-state index is 0.895. The van der Waals surface area contributed by atoms with Gasteiger partial charge in [0.2, 0.25) is 0 Å². The van der Waals surface area contributed by atoms with Crippen LogP contribution in [0, 0.1) is 29.1 Å². The molecule has 88 valence electrons. The van der Waals surface area contributed by atoms with Crippen LogP contribution >= 0.6 is 0 Å². The van der Waals surface area contributed by atoms with E-state index in [1.54, 1.807) is 12.8 Å². The highest BCUT2D eigenvalue weighted by atomic mass is 14.8. The fourth-order valence-electron chi connectivity index (χ4n) is 3.69. The summed E-state index contributed by atoms with van der Waals surface area (Å²) in [7, 11) is 0. The van der Waals surface area contributed by atoms with Gasteiger partial charge >= 0.3 is 0 Å². The van der Waals surface area contributed by atoms with Gasteiger partial charge in [0.25, 0.3) is 0 Å². The molecule has 2 rings (SSSR count). The summed E-state index contributed by atoms with van der Waals surface area (Å²) in [4.78, 5) is 0. The SMILES string of the molecule is CCCC(C)CCC12CC1C2CC(C)C. The third kappa shape index (κ3) is 2.24. The summed E-state index contributed by atoms with van der Waals surface area (Å²) in [6.45, 7) is 9.51. The Labute approximate surface area is 95.8 Å². The first-order valence-corrected chi connectivity index (χ1v) is 7.10. The van der Waals surface area contributed by atoms with Crippen LogP contribution in [0.3, 0.4) is 0 Å².